The number of hydrogen-bond acceptors (Lipinski definition) is 6. The summed E-state index contributed by atoms with van der Waals surface area (Å²) in [5.41, 5.74) is 1.02. The highest BCUT2D eigenvalue weighted by molar-refractivity contribution is 7.89. The van der Waals surface area contributed by atoms with Crippen molar-refractivity contribution in [3.63, 3.8) is 0 Å². The summed E-state index contributed by atoms with van der Waals surface area (Å²) >= 11 is 0. The maximum Gasteiger partial charge on any atom is 0.218 e. The van der Waals surface area contributed by atoms with Crippen LogP contribution in [-0.4, -0.2) is 68.4 Å². The molecule has 0 radical (unpaired) electrons. The molecule has 1 atom stereocenters. The highest BCUT2D eigenvalue weighted by Gasteiger charge is 2.33. The van der Waals surface area contributed by atoms with E-state index in [-0.39, 0.29) is 5.25 Å². The zero-order chi connectivity index (χ0) is 16.2. The quantitative estimate of drug-likeness (QED) is 0.737. The van der Waals surface area contributed by atoms with Gasteiger partial charge in [0, 0.05) is 39.4 Å². The van der Waals surface area contributed by atoms with E-state index in [1.54, 1.807) is 20.4 Å². The van der Waals surface area contributed by atoms with Crippen molar-refractivity contribution in [2.75, 3.05) is 40.4 Å². The fraction of sp³-hybridized carbons (Fsp3) is 0.786. The summed E-state index contributed by atoms with van der Waals surface area (Å²) in [4.78, 5) is 2.16. The molecule has 1 aromatic rings. The number of aromatic nitrogens is 1. The first-order chi connectivity index (χ1) is 10.4. The molecule has 2 rings (SSSR count). The van der Waals surface area contributed by atoms with Crippen molar-refractivity contribution in [3.05, 3.63) is 17.5 Å². The topological polar surface area (TPSA) is 75.9 Å². The van der Waals surface area contributed by atoms with Crippen LogP contribution in [0.5, 0.6) is 0 Å². The summed E-state index contributed by atoms with van der Waals surface area (Å²) in [6.07, 6.45) is 3.29. The van der Waals surface area contributed by atoms with Crippen LogP contribution in [0.4, 0.5) is 0 Å². The Balaban J connectivity index is 1.99. The van der Waals surface area contributed by atoms with E-state index in [0.29, 0.717) is 32.7 Å². The van der Waals surface area contributed by atoms with Gasteiger partial charge in [-0.25, -0.2) is 12.7 Å². The van der Waals surface area contributed by atoms with Gasteiger partial charge in [-0.05, 0) is 26.3 Å². The predicted molar refractivity (Wildman–Crippen MR) is 83.0 cm³/mol. The molecule has 0 bridgehead atoms. The van der Waals surface area contributed by atoms with Crippen molar-refractivity contribution < 1.29 is 17.7 Å². The molecule has 7 nitrogen and oxygen atoms in total. The summed E-state index contributed by atoms with van der Waals surface area (Å²) in [6.45, 7) is 4.80. The van der Waals surface area contributed by atoms with Gasteiger partial charge in [0.05, 0.1) is 18.1 Å². The van der Waals surface area contributed by atoms with E-state index >= 15 is 0 Å². The molecule has 1 saturated heterocycles. The summed E-state index contributed by atoms with van der Waals surface area (Å²) in [5, 5.41) is 3.42. The highest BCUT2D eigenvalue weighted by atomic mass is 32.2. The molecule has 1 aromatic heterocycles. The SMILES string of the molecule is COCCN(C)S(=O)(=O)C1CCCN(Cc2cnoc2C)C1. The Morgan fingerprint density at radius 1 is 1.55 bits per heavy atom. The first kappa shape index (κ1) is 17.4. The highest BCUT2D eigenvalue weighted by Crippen LogP contribution is 2.21. The molecule has 0 N–H and O–H groups in total. The number of nitrogens with zero attached hydrogens (tertiary/aromatic N) is 3. The van der Waals surface area contributed by atoms with Crippen molar-refractivity contribution in [3.8, 4) is 0 Å². The largest absolute Gasteiger partial charge is 0.383 e. The summed E-state index contributed by atoms with van der Waals surface area (Å²) in [6, 6.07) is 0. The van der Waals surface area contributed by atoms with Crippen molar-refractivity contribution in [2.24, 2.45) is 0 Å². The molecule has 1 fully saturated rings. The molecule has 1 aliphatic heterocycles. The van der Waals surface area contributed by atoms with Crippen molar-refractivity contribution in [1.29, 1.82) is 0 Å². The average molecular weight is 331 g/mol. The first-order valence-corrected chi connectivity index (χ1v) is 9.02. The summed E-state index contributed by atoms with van der Waals surface area (Å²) < 4.78 is 36.7. The van der Waals surface area contributed by atoms with Crippen LogP contribution in [0, 0.1) is 6.92 Å². The summed E-state index contributed by atoms with van der Waals surface area (Å²) in [5.74, 6) is 0.794. The van der Waals surface area contributed by atoms with Crippen LogP contribution in [0.2, 0.25) is 0 Å². The van der Waals surface area contributed by atoms with E-state index in [1.807, 2.05) is 6.92 Å². The van der Waals surface area contributed by atoms with Gasteiger partial charge in [0.15, 0.2) is 0 Å². The third kappa shape index (κ3) is 4.07. The lowest BCUT2D eigenvalue weighted by molar-refractivity contribution is 0.182. The van der Waals surface area contributed by atoms with Gasteiger partial charge in [0.2, 0.25) is 10.0 Å². The van der Waals surface area contributed by atoms with E-state index < -0.39 is 10.0 Å². The second-order valence-corrected chi connectivity index (χ2v) is 8.09. The van der Waals surface area contributed by atoms with Crippen LogP contribution in [-0.2, 0) is 21.3 Å². The number of piperidine rings is 1. The Hall–Kier alpha value is -0.960. The molecule has 1 unspecified atom stereocenters. The van der Waals surface area contributed by atoms with Crippen LogP contribution in [0.1, 0.15) is 24.2 Å². The third-order valence-corrected chi connectivity index (χ3v) is 6.45. The molecule has 126 valence electrons. The fourth-order valence-corrected chi connectivity index (χ4v) is 4.41. The molecular formula is C14H25N3O4S. The fourth-order valence-electron chi connectivity index (χ4n) is 2.71. The number of methoxy groups -OCH3 is 1. The van der Waals surface area contributed by atoms with Crippen LogP contribution in [0.15, 0.2) is 10.7 Å². The van der Waals surface area contributed by atoms with Crippen molar-refractivity contribution >= 4 is 10.0 Å². The van der Waals surface area contributed by atoms with Gasteiger partial charge >= 0.3 is 0 Å². The zero-order valence-electron chi connectivity index (χ0n) is 13.5. The standard InChI is InChI=1S/C14H25N3O4S/c1-12-13(9-15-21-12)10-17-6-4-5-14(11-17)22(18,19)16(2)7-8-20-3/h9,14H,4-8,10-11H2,1-3H3. The molecular weight excluding hydrogens is 306 g/mol. The number of rotatable bonds is 7. The normalized spacial score (nSPS) is 20.6. The van der Waals surface area contributed by atoms with E-state index in [1.165, 1.54) is 4.31 Å². The number of hydrogen-bond donors (Lipinski definition) is 0. The van der Waals surface area contributed by atoms with Crippen molar-refractivity contribution in [1.82, 2.24) is 14.4 Å². The smallest absolute Gasteiger partial charge is 0.218 e. The molecule has 1 aliphatic rings. The molecule has 0 amide bonds. The van der Waals surface area contributed by atoms with Crippen LogP contribution in [0.25, 0.3) is 0 Å². The Morgan fingerprint density at radius 3 is 2.95 bits per heavy atom. The molecule has 8 heteroatoms. The molecule has 0 aromatic carbocycles. The lowest BCUT2D eigenvalue weighted by Crippen LogP contribution is -2.47. The molecule has 0 aliphatic carbocycles. The minimum Gasteiger partial charge on any atom is -0.383 e. The lowest BCUT2D eigenvalue weighted by Gasteiger charge is -2.34. The molecule has 0 saturated carbocycles. The minimum absolute atomic E-state index is 0.358. The van der Waals surface area contributed by atoms with Crippen LogP contribution in [0.3, 0.4) is 0 Å². The molecule has 0 spiro atoms. The zero-order valence-corrected chi connectivity index (χ0v) is 14.3. The van der Waals surface area contributed by atoms with E-state index in [9.17, 15) is 8.42 Å². The minimum atomic E-state index is -3.28. The van der Waals surface area contributed by atoms with Crippen LogP contribution >= 0.6 is 0 Å². The van der Waals surface area contributed by atoms with Gasteiger partial charge in [0.1, 0.15) is 5.76 Å². The number of sulfonamides is 1. The van der Waals surface area contributed by atoms with Gasteiger partial charge < -0.3 is 9.26 Å². The maximum atomic E-state index is 12.6. The number of likely N-dealkylation sites (tertiary alicyclic amines) is 1. The van der Waals surface area contributed by atoms with E-state index in [2.05, 4.69) is 10.1 Å². The second-order valence-electron chi connectivity index (χ2n) is 5.77. The van der Waals surface area contributed by atoms with E-state index in [4.69, 9.17) is 9.26 Å². The van der Waals surface area contributed by atoms with Crippen molar-refractivity contribution in [2.45, 2.75) is 31.6 Å². The second kappa shape index (κ2) is 7.54. The predicted octanol–water partition coefficient (Wildman–Crippen LogP) is 0.855. The maximum absolute atomic E-state index is 12.6. The van der Waals surface area contributed by atoms with Gasteiger partial charge in [-0.1, -0.05) is 5.16 Å². The summed E-state index contributed by atoms with van der Waals surface area (Å²) in [7, 11) is -0.0877. The Bertz CT molecular complexity index is 572. The molecule has 2 heterocycles. The Kier molecular flexibility index (Phi) is 5.96. The third-order valence-electron chi connectivity index (χ3n) is 4.17. The monoisotopic (exact) mass is 331 g/mol. The number of ether oxygens (including phenoxy) is 1. The van der Waals surface area contributed by atoms with Gasteiger partial charge in [0.25, 0.3) is 0 Å². The van der Waals surface area contributed by atoms with Gasteiger partial charge in [-0.2, -0.15) is 0 Å². The van der Waals surface area contributed by atoms with Gasteiger partial charge in [-0.3, -0.25) is 4.90 Å². The van der Waals surface area contributed by atoms with Gasteiger partial charge in [-0.15, -0.1) is 0 Å². The number of likely N-dealkylation sites (N-methyl/N-ethyl adjacent to an activating group) is 1. The average Bonchev–Trinajstić information content (AvgIpc) is 2.90. The number of aryl methyl sites for hydroxylation is 1. The van der Waals surface area contributed by atoms with E-state index in [0.717, 1.165) is 24.3 Å². The Morgan fingerprint density at radius 2 is 2.32 bits per heavy atom. The first-order valence-electron chi connectivity index (χ1n) is 7.51. The van der Waals surface area contributed by atoms with Crippen LogP contribution < -0.4 is 0 Å². The Labute approximate surface area is 132 Å². The lowest BCUT2D eigenvalue weighted by atomic mass is 10.1. The molecule has 22 heavy (non-hydrogen) atoms.